The van der Waals surface area contributed by atoms with Crippen LogP contribution in [0, 0.1) is 11.8 Å². The van der Waals surface area contributed by atoms with E-state index in [0.717, 1.165) is 5.56 Å². The number of benzene rings is 1. The fourth-order valence-corrected chi connectivity index (χ4v) is 4.63. The number of carbonyl (C=O) groups is 3. The summed E-state index contributed by atoms with van der Waals surface area (Å²) in [5.74, 6) is -2.22. The molecule has 3 N–H and O–H groups in total. The van der Waals surface area contributed by atoms with E-state index in [2.05, 4.69) is 0 Å². The van der Waals surface area contributed by atoms with Gasteiger partial charge in [-0.2, -0.15) is 0 Å². The third-order valence-electron chi connectivity index (χ3n) is 5.68. The second kappa shape index (κ2) is 6.72. The number of carbonyl (C=O) groups excluding carboxylic acids is 3. The number of nitrogens with zero attached hydrogens (tertiary/aromatic N) is 1. The first-order valence-corrected chi connectivity index (χ1v) is 8.99. The second-order valence-electron chi connectivity index (χ2n) is 6.99. The maximum Gasteiger partial charge on any atom is 0.368 e. The molecule has 1 aromatic carbocycles. The number of imide groups is 1. The summed E-state index contributed by atoms with van der Waals surface area (Å²) in [6.45, 7) is 3.99. The lowest BCUT2D eigenvalue weighted by molar-refractivity contribution is -0.735. The van der Waals surface area contributed by atoms with Crippen LogP contribution in [0.3, 0.4) is 0 Å². The number of phenolic OH excluding ortho intramolecular Hbond substituents is 1. The summed E-state index contributed by atoms with van der Waals surface area (Å²) in [5, 5.41) is 11.4. The average molecular weight is 361 g/mol. The maximum atomic E-state index is 13.0. The van der Waals surface area contributed by atoms with E-state index in [4.69, 9.17) is 4.74 Å². The minimum absolute atomic E-state index is 0.125. The van der Waals surface area contributed by atoms with Crippen LogP contribution in [0.2, 0.25) is 0 Å². The van der Waals surface area contributed by atoms with E-state index in [1.807, 2.05) is 12.2 Å². The van der Waals surface area contributed by atoms with E-state index < -0.39 is 23.3 Å². The molecule has 0 unspecified atom stereocenters. The summed E-state index contributed by atoms with van der Waals surface area (Å²) in [6.07, 6.45) is 1.14. The molecular formula is C19H25N2O5+. The van der Waals surface area contributed by atoms with Crippen molar-refractivity contribution in [3.05, 3.63) is 29.8 Å². The second-order valence-corrected chi connectivity index (χ2v) is 6.99. The molecule has 4 atom stereocenters. The predicted octanol–water partition coefficient (Wildman–Crippen LogP) is 0.343. The number of nitrogens with two attached hydrogens (primary N) is 1. The number of quaternary nitrogens is 1. The summed E-state index contributed by atoms with van der Waals surface area (Å²) >= 11 is 0. The Morgan fingerprint density at radius 1 is 1.23 bits per heavy atom. The smallest absolute Gasteiger partial charge is 0.368 e. The molecule has 1 aromatic rings. The highest BCUT2D eigenvalue weighted by Gasteiger charge is 2.71. The number of ether oxygens (including phenoxy) is 1. The molecule has 7 nitrogen and oxygen atoms in total. The number of fused-ring (bicyclic) bond motifs is 1. The van der Waals surface area contributed by atoms with Crippen LogP contribution < -0.4 is 5.32 Å². The van der Waals surface area contributed by atoms with Crippen molar-refractivity contribution in [3.8, 4) is 5.75 Å². The van der Waals surface area contributed by atoms with Gasteiger partial charge >= 0.3 is 5.97 Å². The van der Waals surface area contributed by atoms with Crippen LogP contribution in [0.25, 0.3) is 0 Å². The molecule has 2 heterocycles. The van der Waals surface area contributed by atoms with Crippen molar-refractivity contribution in [1.82, 2.24) is 4.90 Å². The summed E-state index contributed by atoms with van der Waals surface area (Å²) in [5.41, 5.74) is -0.299. The molecule has 2 fully saturated rings. The molecule has 3 rings (SSSR count). The van der Waals surface area contributed by atoms with Crippen molar-refractivity contribution in [2.75, 3.05) is 13.7 Å². The van der Waals surface area contributed by atoms with Crippen LogP contribution in [0.5, 0.6) is 5.75 Å². The molecule has 0 spiro atoms. The van der Waals surface area contributed by atoms with Crippen LogP contribution in [0.4, 0.5) is 0 Å². The molecule has 140 valence electrons. The highest BCUT2D eigenvalue weighted by atomic mass is 16.5. The summed E-state index contributed by atoms with van der Waals surface area (Å²) in [4.78, 5) is 40.0. The molecule has 2 saturated heterocycles. The van der Waals surface area contributed by atoms with E-state index in [0.29, 0.717) is 12.8 Å². The number of rotatable bonds is 5. The number of aromatic hydroxyl groups is 1. The third kappa shape index (κ3) is 2.49. The molecule has 0 aromatic heterocycles. The van der Waals surface area contributed by atoms with E-state index >= 15 is 0 Å². The van der Waals surface area contributed by atoms with Gasteiger partial charge in [-0.3, -0.25) is 14.5 Å². The van der Waals surface area contributed by atoms with E-state index in [9.17, 15) is 19.5 Å². The first-order valence-electron chi connectivity index (χ1n) is 8.99. The largest absolute Gasteiger partial charge is 0.508 e. The van der Waals surface area contributed by atoms with E-state index in [1.54, 1.807) is 31.2 Å². The number of likely N-dealkylation sites (tertiary alicyclic amines) is 1. The van der Waals surface area contributed by atoms with Gasteiger partial charge in [-0.05, 0) is 37.6 Å². The van der Waals surface area contributed by atoms with Crippen LogP contribution in [0.1, 0.15) is 38.3 Å². The number of esters is 1. The van der Waals surface area contributed by atoms with Gasteiger partial charge < -0.3 is 15.2 Å². The highest BCUT2D eigenvalue weighted by Crippen LogP contribution is 2.46. The minimum Gasteiger partial charge on any atom is -0.508 e. The summed E-state index contributed by atoms with van der Waals surface area (Å²) < 4.78 is 5.06. The molecule has 7 heteroatoms. The number of hydrogen-bond acceptors (Lipinski definition) is 5. The zero-order valence-electron chi connectivity index (χ0n) is 15.3. The molecule has 0 saturated carbocycles. The quantitative estimate of drug-likeness (QED) is 0.582. The van der Waals surface area contributed by atoms with E-state index in [-0.39, 0.29) is 30.2 Å². The SMILES string of the molecule is CCC[C@@]1(C(=O)OC)[NH2+][C@@H](c2ccc(O)cc2)[C@H]2C(=O)N(CC)C(=O)[C@@H]21. The lowest BCUT2D eigenvalue weighted by Crippen LogP contribution is -2.98. The monoisotopic (exact) mass is 361 g/mol. The molecular weight excluding hydrogens is 336 g/mol. The fraction of sp³-hybridized carbons (Fsp3) is 0.526. The number of methoxy groups -OCH3 is 1. The lowest BCUT2D eigenvalue weighted by atomic mass is 9.77. The Bertz CT molecular complexity index is 732. The van der Waals surface area contributed by atoms with Crippen molar-refractivity contribution in [3.63, 3.8) is 0 Å². The molecule has 0 radical (unpaired) electrons. The van der Waals surface area contributed by atoms with Crippen molar-refractivity contribution in [1.29, 1.82) is 0 Å². The van der Waals surface area contributed by atoms with Crippen molar-refractivity contribution in [2.45, 2.75) is 38.3 Å². The fourth-order valence-electron chi connectivity index (χ4n) is 4.63. The molecule has 2 aliphatic rings. The molecule has 0 bridgehead atoms. The maximum absolute atomic E-state index is 13.0. The van der Waals surface area contributed by atoms with Crippen LogP contribution in [-0.4, -0.2) is 47.0 Å². The minimum atomic E-state index is -1.10. The first kappa shape index (κ1) is 18.4. The lowest BCUT2D eigenvalue weighted by Gasteiger charge is -2.28. The topological polar surface area (TPSA) is 101 Å². The van der Waals surface area contributed by atoms with Gasteiger partial charge in [-0.25, -0.2) is 4.79 Å². The Hall–Kier alpha value is -2.41. The Labute approximate surface area is 152 Å². The van der Waals surface area contributed by atoms with Crippen molar-refractivity contribution in [2.24, 2.45) is 11.8 Å². The first-order chi connectivity index (χ1) is 12.4. The Balaban J connectivity index is 2.13. The molecule has 2 aliphatic heterocycles. The van der Waals surface area contributed by atoms with Gasteiger partial charge in [0.15, 0.2) is 0 Å². The van der Waals surface area contributed by atoms with Gasteiger partial charge in [-0.15, -0.1) is 0 Å². The van der Waals surface area contributed by atoms with Gasteiger partial charge in [-0.1, -0.05) is 6.92 Å². The standard InChI is InChI=1S/C19H24N2O5/c1-4-10-19(18(25)26-3)14-13(16(23)21(5-2)17(14)24)15(20-19)11-6-8-12(22)9-7-11/h6-9,13-15,20,22H,4-5,10H2,1-3H3/p+1/t13-,14+,15-,19+/m0/s1. The molecule has 0 aliphatic carbocycles. The predicted molar refractivity (Wildman–Crippen MR) is 91.8 cm³/mol. The van der Waals surface area contributed by atoms with Gasteiger partial charge in [0.2, 0.25) is 17.4 Å². The van der Waals surface area contributed by atoms with Crippen LogP contribution >= 0.6 is 0 Å². The zero-order valence-corrected chi connectivity index (χ0v) is 15.3. The Morgan fingerprint density at radius 3 is 2.42 bits per heavy atom. The number of amides is 2. The van der Waals surface area contributed by atoms with Gasteiger partial charge in [0, 0.05) is 18.5 Å². The van der Waals surface area contributed by atoms with Crippen molar-refractivity contribution >= 4 is 17.8 Å². The highest BCUT2D eigenvalue weighted by molar-refractivity contribution is 6.08. The van der Waals surface area contributed by atoms with Crippen LogP contribution in [-0.2, 0) is 19.1 Å². The van der Waals surface area contributed by atoms with Crippen molar-refractivity contribution < 1.29 is 29.5 Å². The number of hydrogen-bond donors (Lipinski definition) is 2. The Kier molecular flexibility index (Phi) is 4.75. The molecule has 26 heavy (non-hydrogen) atoms. The number of phenols is 1. The van der Waals surface area contributed by atoms with Gasteiger partial charge in [0.25, 0.3) is 0 Å². The summed E-state index contributed by atoms with van der Waals surface area (Å²) in [6, 6.07) is 6.20. The van der Waals surface area contributed by atoms with E-state index in [1.165, 1.54) is 12.0 Å². The average Bonchev–Trinajstić information content (AvgIpc) is 3.10. The van der Waals surface area contributed by atoms with Gasteiger partial charge in [0.05, 0.1) is 7.11 Å². The summed E-state index contributed by atoms with van der Waals surface area (Å²) in [7, 11) is 1.31. The molecule has 2 amide bonds. The zero-order chi connectivity index (χ0) is 19.1. The third-order valence-corrected chi connectivity index (χ3v) is 5.68. The normalized spacial score (nSPS) is 30.6. The van der Waals surface area contributed by atoms with Crippen LogP contribution in [0.15, 0.2) is 24.3 Å². The van der Waals surface area contributed by atoms with Gasteiger partial charge in [0.1, 0.15) is 23.6 Å². The Morgan fingerprint density at radius 2 is 1.88 bits per heavy atom.